The van der Waals surface area contributed by atoms with Crippen molar-refractivity contribution in [2.24, 2.45) is 0 Å². The molecule has 0 saturated carbocycles. The zero-order chi connectivity index (χ0) is 18.9. The number of fused-ring (bicyclic) bond motifs is 1. The van der Waals surface area contributed by atoms with Gasteiger partial charge >= 0.3 is 0 Å². The molecule has 1 aromatic carbocycles. The van der Waals surface area contributed by atoms with Crippen LogP contribution in [0.15, 0.2) is 35.7 Å². The Balaban J connectivity index is 1.71. The van der Waals surface area contributed by atoms with Crippen molar-refractivity contribution < 1.29 is 4.74 Å². The first-order valence-electron chi connectivity index (χ1n) is 9.39. The maximum absolute atomic E-state index is 5.60. The van der Waals surface area contributed by atoms with Gasteiger partial charge in [0.1, 0.15) is 16.5 Å². The highest BCUT2D eigenvalue weighted by Crippen LogP contribution is 2.37. The lowest BCUT2D eigenvalue weighted by Crippen LogP contribution is -2.53. The second-order valence-corrected chi connectivity index (χ2v) is 8.26. The van der Waals surface area contributed by atoms with Crippen molar-refractivity contribution >= 4 is 27.4 Å². The third-order valence-corrected chi connectivity index (χ3v) is 6.46. The van der Waals surface area contributed by atoms with Gasteiger partial charge in [0.05, 0.1) is 5.39 Å². The molecule has 1 saturated heterocycles. The number of likely N-dealkylation sites (N-methyl/N-ethyl adjacent to an activating group) is 1. The van der Waals surface area contributed by atoms with Gasteiger partial charge in [0, 0.05) is 36.2 Å². The van der Waals surface area contributed by atoms with Crippen LogP contribution in [-0.4, -0.2) is 54.3 Å². The van der Waals surface area contributed by atoms with E-state index in [0.717, 1.165) is 54.5 Å². The fraction of sp³-hybridized carbons (Fsp3) is 0.429. The summed E-state index contributed by atoms with van der Waals surface area (Å²) in [4.78, 5) is 12.8. The van der Waals surface area contributed by atoms with Crippen LogP contribution in [0, 0.1) is 6.92 Å². The number of anilines is 1. The third-order valence-electron chi connectivity index (χ3n) is 5.59. The Morgan fingerprint density at radius 2 is 1.89 bits per heavy atom. The summed E-state index contributed by atoms with van der Waals surface area (Å²) in [7, 11) is 4.32. The fourth-order valence-corrected chi connectivity index (χ4v) is 4.78. The van der Waals surface area contributed by atoms with Gasteiger partial charge in [-0.1, -0.05) is 30.3 Å². The van der Waals surface area contributed by atoms with Gasteiger partial charge in [-0.05, 0) is 39.4 Å². The predicted octanol–water partition coefficient (Wildman–Crippen LogP) is 4.19. The van der Waals surface area contributed by atoms with Crippen LogP contribution in [0.1, 0.15) is 18.7 Å². The summed E-state index contributed by atoms with van der Waals surface area (Å²) in [6.07, 6.45) is 2.05. The van der Waals surface area contributed by atoms with E-state index in [2.05, 4.69) is 58.9 Å². The number of thiophene rings is 1. The zero-order valence-electron chi connectivity index (χ0n) is 16.2. The number of nitrogens with one attached hydrogen (secondary N) is 1. The first kappa shape index (κ1) is 18.3. The van der Waals surface area contributed by atoms with Crippen LogP contribution >= 0.6 is 11.3 Å². The maximum atomic E-state index is 5.60. The molecule has 1 aliphatic rings. The topological polar surface area (TPSA) is 50.3 Å². The van der Waals surface area contributed by atoms with Crippen molar-refractivity contribution in [3.05, 3.63) is 41.5 Å². The largest absolute Gasteiger partial charge is 0.381 e. The van der Waals surface area contributed by atoms with E-state index in [1.807, 2.05) is 13.0 Å². The molecule has 4 rings (SSSR count). The van der Waals surface area contributed by atoms with Crippen molar-refractivity contribution in [3.8, 4) is 11.1 Å². The molecule has 0 unspecified atom stereocenters. The molecule has 0 bridgehead atoms. The molecule has 3 aromatic rings. The molecule has 2 aromatic heterocycles. The molecule has 0 radical (unpaired) electrons. The van der Waals surface area contributed by atoms with Crippen LogP contribution in [-0.2, 0) is 4.74 Å². The van der Waals surface area contributed by atoms with E-state index in [-0.39, 0.29) is 5.54 Å². The molecule has 6 heteroatoms. The first-order valence-corrected chi connectivity index (χ1v) is 10.3. The average Bonchev–Trinajstić information content (AvgIpc) is 3.11. The minimum absolute atomic E-state index is 0.0896. The van der Waals surface area contributed by atoms with Crippen LogP contribution in [0.4, 0.5) is 5.82 Å². The van der Waals surface area contributed by atoms with Gasteiger partial charge in [-0.15, -0.1) is 11.3 Å². The van der Waals surface area contributed by atoms with Crippen molar-refractivity contribution in [2.45, 2.75) is 25.3 Å². The maximum Gasteiger partial charge on any atom is 0.139 e. The molecule has 0 amide bonds. The number of aromatic nitrogens is 2. The summed E-state index contributed by atoms with van der Waals surface area (Å²) < 4.78 is 5.60. The Bertz CT molecular complexity index is 917. The molecule has 1 fully saturated rings. The molecule has 0 aliphatic carbocycles. The highest BCUT2D eigenvalue weighted by molar-refractivity contribution is 7.17. The summed E-state index contributed by atoms with van der Waals surface area (Å²) >= 11 is 1.68. The Kier molecular flexibility index (Phi) is 5.12. The molecule has 0 spiro atoms. The summed E-state index contributed by atoms with van der Waals surface area (Å²) in [5.41, 5.74) is 2.49. The monoisotopic (exact) mass is 382 g/mol. The van der Waals surface area contributed by atoms with Gasteiger partial charge < -0.3 is 15.0 Å². The molecule has 3 heterocycles. The molecule has 5 nitrogen and oxygen atoms in total. The predicted molar refractivity (Wildman–Crippen MR) is 113 cm³/mol. The van der Waals surface area contributed by atoms with E-state index in [4.69, 9.17) is 9.72 Å². The number of ether oxygens (including phenoxy) is 1. The number of hydrogen-bond acceptors (Lipinski definition) is 6. The van der Waals surface area contributed by atoms with Crippen LogP contribution in [0.2, 0.25) is 0 Å². The smallest absolute Gasteiger partial charge is 0.139 e. The molecule has 1 N–H and O–H groups in total. The highest BCUT2D eigenvalue weighted by atomic mass is 32.1. The van der Waals surface area contributed by atoms with Gasteiger partial charge in [0.25, 0.3) is 0 Å². The Hall–Kier alpha value is -2.02. The molecular weight excluding hydrogens is 356 g/mol. The lowest BCUT2D eigenvalue weighted by atomic mass is 9.88. The van der Waals surface area contributed by atoms with Crippen molar-refractivity contribution in [2.75, 3.05) is 39.2 Å². The van der Waals surface area contributed by atoms with Crippen molar-refractivity contribution in [1.82, 2.24) is 14.9 Å². The van der Waals surface area contributed by atoms with Gasteiger partial charge in [-0.3, -0.25) is 0 Å². The number of aryl methyl sites for hydroxylation is 1. The van der Waals surface area contributed by atoms with E-state index in [9.17, 15) is 0 Å². The summed E-state index contributed by atoms with van der Waals surface area (Å²) in [6.45, 7) is 4.43. The van der Waals surface area contributed by atoms with Gasteiger partial charge in [-0.25, -0.2) is 9.97 Å². The zero-order valence-corrected chi connectivity index (χ0v) is 17.0. The number of hydrogen-bond donors (Lipinski definition) is 1. The normalized spacial score (nSPS) is 16.7. The van der Waals surface area contributed by atoms with Crippen LogP contribution < -0.4 is 5.32 Å². The highest BCUT2D eigenvalue weighted by Gasteiger charge is 2.35. The number of rotatable bonds is 5. The standard InChI is InChI=1S/C21H26N4OS/c1-15-23-19(22-14-21(25(2)3)9-11-26-12-10-21)18-17(13-27-20(18)24-15)16-7-5-4-6-8-16/h4-8,13H,9-12,14H2,1-3H3,(H,22,23,24). The van der Waals surface area contributed by atoms with Crippen molar-refractivity contribution in [3.63, 3.8) is 0 Å². The second kappa shape index (κ2) is 7.54. The number of nitrogens with zero attached hydrogens (tertiary/aromatic N) is 3. The molecule has 0 atom stereocenters. The third kappa shape index (κ3) is 3.57. The van der Waals surface area contributed by atoms with E-state index < -0.39 is 0 Å². The Morgan fingerprint density at radius 3 is 2.59 bits per heavy atom. The lowest BCUT2D eigenvalue weighted by Gasteiger charge is -2.43. The quantitative estimate of drug-likeness (QED) is 0.717. The van der Waals surface area contributed by atoms with Gasteiger partial charge in [0.2, 0.25) is 0 Å². The van der Waals surface area contributed by atoms with Gasteiger partial charge in [-0.2, -0.15) is 0 Å². The number of benzene rings is 1. The average molecular weight is 383 g/mol. The molecule has 142 valence electrons. The SMILES string of the molecule is Cc1nc(NCC2(N(C)C)CCOCC2)c2c(-c3ccccc3)csc2n1. The Labute approximate surface area is 164 Å². The van der Waals surface area contributed by atoms with E-state index in [1.54, 1.807) is 11.3 Å². The summed E-state index contributed by atoms with van der Waals surface area (Å²) in [5.74, 6) is 1.74. The minimum Gasteiger partial charge on any atom is -0.381 e. The van der Waals surface area contributed by atoms with Crippen molar-refractivity contribution in [1.29, 1.82) is 0 Å². The molecular formula is C21H26N4OS. The van der Waals surface area contributed by atoms with Gasteiger partial charge in [0.15, 0.2) is 0 Å². The Morgan fingerprint density at radius 1 is 1.15 bits per heavy atom. The molecule has 1 aliphatic heterocycles. The van der Waals surface area contributed by atoms with Crippen LogP contribution in [0.5, 0.6) is 0 Å². The van der Waals surface area contributed by atoms with E-state index >= 15 is 0 Å². The fourth-order valence-electron chi connectivity index (χ4n) is 3.79. The molecule has 27 heavy (non-hydrogen) atoms. The second-order valence-electron chi connectivity index (χ2n) is 7.40. The summed E-state index contributed by atoms with van der Waals surface area (Å²) in [5, 5.41) is 6.99. The van der Waals surface area contributed by atoms with Crippen LogP contribution in [0.25, 0.3) is 21.3 Å². The minimum atomic E-state index is 0.0896. The van der Waals surface area contributed by atoms with Crippen LogP contribution in [0.3, 0.4) is 0 Å². The van der Waals surface area contributed by atoms with E-state index in [1.165, 1.54) is 11.1 Å². The van der Waals surface area contributed by atoms with E-state index in [0.29, 0.717) is 0 Å². The first-order chi connectivity index (χ1) is 13.1. The summed E-state index contributed by atoms with van der Waals surface area (Å²) in [6, 6.07) is 10.5. The lowest BCUT2D eigenvalue weighted by molar-refractivity contribution is -0.000652.